The third kappa shape index (κ3) is 2.75. The first kappa shape index (κ1) is 14.0. The third-order valence-electron chi connectivity index (χ3n) is 4.19. The summed E-state index contributed by atoms with van der Waals surface area (Å²) in [5.74, 6) is 1.19. The Bertz CT molecular complexity index is 410. The van der Waals surface area contributed by atoms with Crippen LogP contribution in [0.15, 0.2) is 12.1 Å². The number of rotatable bonds is 3. The van der Waals surface area contributed by atoms with Gasteiger partial charge in [-0.05, 0) is 63.0 Å². The largest absolute Gasteiger partial charge is 0.391 e. The van der Waals surface area contributed by atoms with Gasteiger partial charge in [0, 0.05) is 11.2 Å². The van der Waals surface area contributed by atoms with Gasteiger partial charge in [0.1, 0.15) is 0 Å². The topological polar surface area (TPSA) is 20.2 Å². The average Bonchev–Trinajstić information content (AvgIpc) is 2.71. The Morgan fingerprint density at radius 1 is 1.28 bits per heavy atom. The minimum Gasteiger partial charge on any atom is -0.391 e. The van der Waals surface area contributed by atoms with E-state index < -0.39 is 0 Å². The molecule has 0 spiro atoms. The Hall–Kier alpha value is -0.470. The standard InChI is InChI=1S/C16H24OS/c1-11-8-12(2)14(13(3)9-11)10-15(17)16(4)6-5-7-18-16/h8-9,15,17H,5-7,10H2,1-4H3. The first-order valence-electron chi connectivity index (χ1n) is 6.81. The molecule has 2 heteroatoms. The molecule has 1 fully saturated rings. The zero-order valence-corrected chi connectivity index (χ0v) is 12.7. The van der Waals surface area contributed by atoms with Crippen LogP contribution in [-0.4, -0.2) is 21.7 Å². The molecular formula is C16H24OS. The molecule has 2 atom stereocenters. The highest BCUT2D eigenvalue weighted by atomic mass is 32.2. The third-order valence-corrected chi connectivity index (χ3v) is 5.82. The summed E-state index contributed by atoms with van der Waals surface area (Å²) in [7, 11) is 0. The minimum absolute atomic E-state index is 0.0593. The first-order chi connectivity index (χ1) is 8.42. The van der Waals surface area contributed by atoms with E-state index in [1.54, 1.807) is 0 Å². The maximum Gasteiger partial charge on any atom is 0.0724 e. The second-order valence-electron chi connectivity index (χ2n) is 5.86. The van der Waals surface area contributed by atoms with E-state index in [4.69, 9.17) is 0 Å². The van der Waals surface area contributed by atoms with E-state index in [0.717, 1.165) is 12.8 Å². The fourth-order valence-electron chi connectivity index (χ4n) is 3.00. The molecule has 0 aliphatic carbocycles. The number of aliphatic hydroxyl groups excluding tert-OH is 1. The molecule has 100 valence electrons. The van der Waals surface area contributed by atoms with E-state index >= 15 is 0 Å². The van der Waals surface area contributed by atoms with Gasteiger partial charge in [0.15, 0.2) is 0 Å². The van der Waals surface area contributed by atoms with Gasteiger partial charge in [-0.3, -0.25) is 0 Å². The summed E-state index contributed by atoms with van der Waals surface area (Å²) in [6.45, 7) is 8.67. The maximum absolute atomic E-state index is 10.6. The molecule has 1 aromatic rings. The average molecular weight is 264 g/mol. The lowest BCUT2D eigenvalue weighted by Gasteiger charge is -2.30. The van der Waals surface area contributed by atoms with E-state index in [2.05, 4.69) is 39.8 Å². The summed E-state index contributed by atoms with van der Waals surface area (Å²) < 4.78 is 0.0593. The molecule has 1 aromatic carbocycles. The summed E-state index contributed by atoms with van der Waals surface area (Å²) in [5.41, 5.74) is 5.28. The molecule has 1 saturated heterocycles. The molecule has 0 bridgehead atoms. The Labute approximate surface area is 115 Å². The predicted octanol–water partition coefficient (Wildman–Crippen LogP) is 3.80. The van der Waals surface area contributed by atoms with E-state index in [-0.39, 0.29) is 10.9 Å². The van der Waals surface area contributed by atoms with Gasteiger partial charge in [0.05, 0.1) is 6.10 Å². The molecule has 1 aliphatic rings. The monoisotopic (exact) mass is 264 g/mol. The van der Waals surface area contributed by atoms with Crippen molar-refractivity contribution < 1.29 is 5.11 Å². The van der Waals surface area contributed by atoms with Crippen molar-refractivity contribution in [3.8, 4) is 0 Å². The van der Waals surface area contributed by atoms with Crippen LogP contribution in [0.3, 0.4) is 0 Å². The van der Waals surface area contributed by atoms with Crippen LogP contribution in [0.5, 0.6) is 0 Å². The molecule has 1 heterocycles. The molecule has 1 aliphatic heterocycles. The fourth-order valence-corrected chi connectivity index (χ4v) is 4.32. The highest BCUT2D eigenvalue weighted by molar-refractivity contribution is 8.00. The first-order valence-corrected chi connectivity index (χ1v) is 7.80. The number of hydrogen-bond donors (Lipinski definition) is 1. The van der Waals surface area contributed by atoms with Gasteiger partial charge < -0.3 is 5.11 Å². The van der Waals surface area contributed by atoms with Crippen LogP contribution in [0.25, 0.3) is 0 Å². The summed E-state index contributed by atoms with van der Waals surface area (Å²) >= 11 is 1.94. The van der Waals surface area contributed by atoms with E-state index in [0.29, 0.717) is 0 Å². The smallest absolute Gasteiger partial charge is 0.0724 e. The predicted molar refractivity (Wildman–Crippen MR) is 80.5 cm³/mol. The van der Waals surface area contributed by atoms with Gasteiger partial charge in [-0.1, -0.05) is 17.7 Å². The summed E-state index contributed by atoms with van der Waals surface area (Å²) in [4.78, 5) is 0. The van der Waals surface area contributed by atoms with Crippen LogP contribution in [0.2, 0.25) is 0 Å². The molecule has 0 aromatic heterocycles. The van der Waals surface area contributed by atoms with E-state index in [9.17, 15) is 5.11 Å². The molecule has 1 nitrogen and oxygen atoms in total. The number of aliphatic hydroxyl groups is 1. The highest BCUT2D eigenvalue weighted by Gasteiger charge is 2.37. The Morgan fingerprint density at radius 2 is 1.89 bits per heavy atom. The fraction of sp³-hybridized carbons (Fsp3) is 0.625. The number of thioether (sulfide) groups is 1. The Kier molecular flexibility index (Phi) is 4.08. The molecule has 2 unspecified atom stereocenters. The van der Waals surface area contributed by atoms with Crippen LogP contribution in [0.4, 0.5) is 0 Å². The molecule has 2 rings (SSSR count). The van der Waals surface area contributed by atoms with Gasteiger partial charge in [-0.2, -0.15) is 11.8 Å². The van der Waals surface area contributed by atoms with Gasteiger partial charge >= 0.3 is 0 Å². The molecular weight excluding hydrogens is 240 g/mol. The minimum atomic E-state index is -0.231. The quantitative estimate of drug-likeness (QED) is 0.896. The van der Waals surface area contributed by atoms with Crippen molar-refractivity contribution in [2.24, 2.45) is 0 Å². The van der Waals surface area contributed by atoms with Gasteiger partial charge in [0.2, 0.25) is 0 Å². The summed E-state index contributed by atoms with van der Waals surface area (Å²) in [5, 5.41) is 10.6. The Morgan fingerprint density at radius 3 is 2.39 bits per heavy atom. The second kappa shape index (κ2) is 5.26. The van der Waals surface area contributed by atoms with E-state index in [1.165, 1.54) is 34.4 Å². The van der Waals surface area contributed by atoms with Crippen LogP contribution >= 0.6 is 11.8 Å². The van der Waals surface area contributed by atoms with Crippen molar-refractivity contribution in [3.05, 3.63) is 34.4 Å². The summed E-state index contributed by atoms with van der Waals surface area (Å²) in [6.07, 6.45) is 2.94. The maximum atomic E-state index is 10.6. The highest BCUT2D eigenvalue weighted by Crippen LogP contribution is 2.41. The molecule has 0 amide bonds. The van der Waals surface area contributed by atoms with Crippen molar-refractivity contribution in [2.75, 3.05) is 5.75 Å². The van der Waals surface area contributed by atoms with Crippen molar-refractivity contribution in [2.45, 2.75) is 57.8 Å². The van der Waals surface area contributed by atoms with Gasteiger partial charge in [0.25, 0.3) is 0 Å². The molecule has 1 N–H and O–H groups in total. The van der Waals surface area contributed by atoms with Crippen LogP contribution in [-0.2, 0) is 6.42 Å². The number of aryl methyl sites for hydroxylation is 3. The van der Waals surface area contributed by atoms with Gasteiger partial charge in [-0.25, -0.2) is 0 Å². The van der Waals surface area contributed by atoms with E-state index in [1.807, 2.05) is 11.8 Å². The van der Waals surface area contributed by atoms with Crippen LogP contribution < -0.4 is 0 Å². The normalized spacial score (nSPS) is 25.4. The SMILES string of the molecule is Cc1cc(C)c(CC(O)C2(C)CCCS2)c(C)c1. The lowest BCUT2D eigenvalue weighted by atomic mass is 9.89. The zero-order chi connectivity index (χ0) is 13.3. The lowest BCUT2D eigenvalue weighted by molar-refractivity contribution is 0.133. The number of hydrogen-bond acceptors (Lipinski definition) is 2. The molecule has 18 heavy (non-hydrogen) atoms. The number of benzene rings is 1. The second-order valence-corrected chi connectivity index (χ2v) is 7.49. The lowest BCUT2D eigenvalue weighted by Crippen LogP contribution is -2.35. The van der Waals surface area contributed by atoms with Crippen LogP contribution in [0, 0.1) is 20.8 Å². The van der Waals surface area contributed by atoms with Crippen molar-refractivity contribution >= 4 is 11.8 Å². The van der Waals surface area contributed by atoms with Crippen molar-refractivity contribution in [1.82, 2.24) is 0 Å². The molecule has 0 saturated carbocycles. The molecule has 0 radical (unpaired) electrons. The van der Waals surface area contributed by atoms with Crippen molar-refractivity contribution in [1.29, 1.82) is 0 Å². The Balaban J connectivity index is 2.19. The summed E-state index contributed by atoms with van der Waals surface area (Å²) in [6, 6.07) is 4.44. The zero-order valence-electron chi connectivity index (χ0n) is 11.9. The van der Waals surface area contributed by atoms with Crippen molar-refractivity contribution in [3.63, 3.8) is 0 Å². The van der Waals surface area contributed by atoms with Crippen LogP contribution in [0.1, 0.15) is 42.0 Å². The van der Waals surface area contributed by atoms with Gasteiger partial charge in [-0.15, -0.1) is 0 Å².